The second kappa shape index (κ2) is 4.79. The summed E-state index contributed by atoms with van der Waals surface area (Å²) in [5, 5.41) is 8.30. The highest BCUT2D eigenvalue weighted by molar-refractivity contribution is 5.44. The van der Waals surface area contributed by atoms with Gasteiger partial charge in [0.1, 0.15) is 6.42 Å². The van der Waals surface area contributed by atoms with E-state index < -0.39 is 12.3 Å². The number of halogens is 2. The molecule has 0 N–H and O–H groups in total. The molecule has 0 fully saturated rings. The molecular formula is C11H11F2NO2. The van der Waals surface area contributed by atoms with Crippen molar-refractivity contribution in [1.82, 2.24) is 0 Å². The number of methoxy groups -OCH3 is 2. The van der Waals surface area contributed by atoms with Gasteiger partial charge in [-0.05, 0) is 18.2 Å². The Bertz CT molecular complexity index is 413. The smallest absolute Gasteiger partial charge is 0.286 e. The Labute approximate surface area is 92.2 Å². The number of hydrogen-bond donors (Lipinski definition) is 0. The zero-order chi connectivity index (χ0) is 12.2. The van der Waals surface area contributed by atoms with Crippen LogP contribution in [0.25, 0.3) is 0 Å². The first-order valence-electron chi connectivity index (χ1n) is 4.52. The Morgan fingerprint density at radius 1 is 1.25 bits per heavy atom. The summed E-state index contributed by atoms with van der Waals surface area (Å²) in [6.45, 7) is 0. The molecule has 3 nitrogen and oxygen atoms in total. The minimum absolute atomic E-state index is 0.220. The third-order valence-electron chi connectivity index (χ3n) is 2.11. The summed E-state index contributed by atoms with van der Waals surface area (Å²) in [5.74, 6) is -2.58. The molecule has 0 atom stereocenters. The van der Waals surface area contributed by atoms with E-state index >= 15 is 0 Å². The van der Waals surface area contributed by atoms with E-state index in [9.17, 15) is 8.78 Å². The van der Waals surface area contributed by atoms with E-state index in [1.807, 2.05) is 0 Å². The van der Waals surface area contributed by atoms with Gasteiger partial charge in [-0.1, -0.05) is 0 Å². The van der Waals surface area contributed by atoms with E-state index in [4.69, 9.17) is 14.7 Å². The van der Waals surface area contributed by atoms with Gasteiger partial charge in [-0.25, -0.2) is 8.78 Å². The summed E-state index contributed by atoms with van der Waals surface area (Å²) in [5.41, 5.74) is -0.258. The summed E-state index contributed by atoms with van der Waals surface area (Å²) in [6, 6.07) is 5.24. The first kappa shape index (κ1) is 12.2. The van der Waals surface area contributed by atoms with Crippen molar-refractivity contribution in [3.05, 3.63) is 23.8 Å². The van der Waals surface area contributed by atoms with Gasteiger partial charge in [0.05, 0.1) is 20.3 Å². The molecule has 0 saturated heterocycles. The monoisotopic (exact) mass is 227 g/mol. The molecular weight excluding hydrogens is 216 g/mol. The van der Waals surface area contributed by atoms with Gasteiger partial charge in [0.25, 0.3) is 5.92 Å². The van der Waals surface area contributed by atoms with Crippen LogP contribution in [0.3, 0.4) is 0 Å². The molecule has 0 saturated carbocycles. The summed E-state index contributed by atoms with van der Waals surface area (Å²) >= 11 is 0. The van der Waals surface area contributed by atoms with E-state index in [0.717, 1.165) is 0 Å². The zero-order valence-corrected chi connectivity index (χ0v) is 8.96. The lowest BCUT2D eigenvalue weighted by Crippen LogP contribution is -2.12. The number of alkyl halides is 2. The highest BCUT2D eigenvalue weighted by Gasteiger charge is 2.32. The molecule has 0 bridgehead atoms. The molecule has 0 spiro atoms. The van der Waals surface area contributed by atoms with Crippen molar-refractivity contribution in [2.24, 2.45) is 0 Å². The summed E-state index contributed by atoms with van der Waals surface area (Å²) < 4.78 is 36.6. The molecule has 1 rings (SSSR count). The number of nitrogens with zero attached hydrogens (tertiary/aromatic N) is 1. The molecule has 0 heterocycles. The van der Waals surface area contributed by atoms with Crippen LogP contribution < -0.4 is 9.47 Å². The molecule has 5 heteroatoms. The molecule has 0 unspecified atom stereocenters. The van der Waals surface area contributed by atoms with Crippen LogP contribution in [0.2, 0.25) is 0 Å². The molecule has 0 aromatic heterocycles. The average Bonchev–Trinajstić information content (AvgIpc) is 2.28. The molecule has 16 heavy (non-hydrogen) atoms. The van der Waals surface area contributed by atoms with Gasteiger partial charge in [0.2, 0.25) is 0 Å². The van der Waals surface area contributed by atoms with Crippen LogP contribution in [0.5, 0.6) is 11.5 Å². The molecule has 0 aliphatic carbocycles. The number of ether oxygens (including phenoxy) is 2. The van der Waals surface area contributed by atoms with Gasteiger partial charge in [0.15, 0.2) is 11.5 Å². The molecule has 0 aliphatic rings. The molecule has 86 valence electrons. The summed E-state index contributed by atoms with van der Waals surface area (Å²) in [7, 11) is 2.79. The van der Waals surface area contributed by atoms with Crippen molar-refractivity contribution in [2.75, 3.05) is 14.2 Å². The van der Waals surface area contributed by atoms with Gasteiger partial charge in [0, 0.05) is 5.56 Å². The van der Waals surface area contributed by atoms with E-state index in [-0.39, 0.29) is 11.3 Å². The maximum Gasteiger partial charge on any atom is 0.286 e. The first-order valence-corrected chi connectivity index (χ1v) is 4.52. The number of benzene rings is 1. The predicted molar refractivity (Wildman–Crippen MR) is 53.7 cm³/mol. The topological polar surface area (TPSA) is 42.2 Å². The lowest BCUT2D eigenvalue weighted by atomic mass is 10.1. The van der Waals surface area contributed by atoms with Gasteiger partial charge >= 0.3 is 0 Å². The Hall–Kier alpha value is -1.83. The predicted octanol–water partition coefficient (Wildman–Crippen LogP) is 2.71. The molecule has 1 aromatic carbocycles. The van der Waals surface area contributed by atoms with E-state index in [0.29, 0.717) is 5.75 Å². The third-order valence-corrected chi connectivity index (χ3v) is 2.11. The van der Waals surface area contributed by atoms with Crippen molar-refractivity contribution in [2.45, 2.75) is 12.3 Å². The van der Waals surface area contributed by atoms with Gasteiger partial charge in [-0.3, -0.25) is 0 Å². The molecule has 0 radical (unpaired) electrons. The standard InChI is InChI=1S/C11H11F2NO2/c1-15-9-4-3-8(7-10(9)16-2)11(12,13)5-6-14/h3-4,7H,5H2,1-2H3. The van der Waals surface area contributed by atoms with Crippen molar-refractivity contribution < 1.29 is 18.3 Å². The SMILES string of the molecule is COc1ccc(C(F)(F)CC#N)cc1OC. The van der Waals surface area contributed by atoms with Gasteiger partial charge in [-0.15, -0.1) is 0 Å². The van der Waals surface area contributed by atoms with Crippen molar-refractivity contribution >= 4 is 0 Å². The van der Waals surface area contributed by atoms with Crippen molar-refractivity contribution in [3.63, 3.8) is 0 Å². The average molecular weight is 227 g/mol. The van der Waals surface area contributed by atoms with Gasteiger partial charge < -0.3 is 9.47 Å². The number of hydrogen-bond acceptors (Lipinski definition) is 3. The number of nitriles is 1. The van der Waals surface area contributed by atoms with E-state index in [1.165, 1.54) is 38.5 Å². The highest BCUT2D eigenvalue weighted by Crippen LogP contribution is 2.36. The fraction of sp³-hybridized carbons (Fsp3) is 0.364. The Morgan fingerprint density at radius 3 is 2.38 bits per heavy atom. The van der Waals surface area contributed by atoms with Crippen LogP contribution in [0.15, 0.2) is 18.2 Å². The first-order chi connectivity index (χ1) is 7.55. The quantitative estimate of drug-likeness (QED) is 0.794. The summed E-state index contributed by atoms with van der Waals surface area (Å²) in [4.78, 5) is 0. The molecule has 1 aromatic rings. The lowest BCUT2D eigenvalue weighted by molar-refractivity contribution is 0.000708. The van der Waals surface area contributed by atoms with Crippen LogP contribution in [0, 0.1) is 11.3 Å². The van der Waals surface area contributed by atoms with Crippen LogP contribution in [-0.2, 0) is 5.92 Å². The normalized spacial score (nSPS) is 10.7. The van der Waals surface area contributed by atoms with Gasteiger partial charge in [-0.2, -0.15) is 5.26 Å². The van der Waals surface area contributed by atoms with Crippen molar-refractivity contribution in [3.8, 4) is 17.6 Å². The maximum absolute atomic E-state index is 13.4. The largest absolute Gasteiger partial charge is 0.493 e. The van der Waals surface area contributed by atoms with Crippen LogP contribution >= 0.6 is 0 Å². The maximum atomic E-state index is 13.4. The lowest BCUT2D eigenvalue weighted by Gasteiger charge is -2.15. The van der Waals surface area contributed by atoms with Crippen LogP contribution in [-0.4, -0.2) is 14.2 Å². The Balaban J connectivity index is 3.13. The fourth-order valence-corrected chi connectivity index (χ4v) is 1.27. The highest BCUT2D eigenvalue weighted by atomic mass is 19.3. The Morgan fingerprint density at radius 2 is 1.88 bits per heavy atom. The third kappa shape index (κ3) is 2.40. The fourth-order valence-electron chi connectivity index (χ4n) is 1.27. The van der Waals surface area contributed by atoms with E-state index in [2.05, 4.69) is 0 Å². The number of rotatable bonds is 4. The summed E-state index contributed by atoms with van der Waals surface area (Å²) in [6.07, 6.45) is -0.859. The zero-order valence-electron chi connectivity index (χ0n) is 8.96. The minimum atomic E-state index is -3.17. The van der Waals surface area contributed by atoms with E-state index in [1.54, 1.807) is 0 Å². The van der Waals surface area contributed by atoms with Crippen LogP contribution in [0.4, 0.5) is 8.78 Å². The molecule has 0 amide bonds. The second-order valence-corrected chi connectivity index (χ2v) is 3.11. The second-order valence-electron chi connectivity index (χ2n) is 3.11. The van der Waals surface area contributed by atoms with Crippen LogP contribution in [0.1, 0.15) is 12.0 Å². The Kier molecular flexibility index (Phi) is 3.67. The minimum Gasteiger partial charge on any atom is -0.493 e. The molecule has 0 aliphatic heterocycles. The van der Waals surface area contributed by atoms with Crippen molar-refractivity contribution in [1.29, 1.82) is 5.26 Å².